The summed E-state index contributed by atoms with van der Waals surface area (Å²) in [5.41, 5.74) is 7.22. The minimum atomic E-state index is -2.02. The Morgan fingerprint density at radius 2 is 1.64 bits per heavy atom. The van der Waals surface area contributed by atoms with Crippen molar-refractivity contribution in [2.24, 2.45) is 11.7 Å². The molecule has 7 N–H and O–H groups in total. The number of aryl methyl sites for hydroxylation is 1. The van der Waals surface area contributed by atoms with Gasteiger partial charge in [0.25, 0.3) is 17.4 Å². The van der Waals surface area contributed by atoms with Crippen molar-refractivity contribution in [1.29, 1.82) is 0 Å². The van der Waals surface area contributed by atoms with Crippen LogP contribution in [-0.2, 0) is 74.8 Å². The molecule has 0 fully saturated rings. The number of amides is 7. The molecule has 7 rings (SSSR count). The molecule has 21 nitrogen and oxygen atoms in total. The van der Waals surface area contributed by atoms with E-state index in [1.54, 1.807) is 67.8 Å². The molecule has 0 aliphatic carbocycles. The fraction of sp³-hybridized carbons (Fsp3) is 0.412. The quantitative estimate of drug-likeness (QED) is 0.0341. The number of aromatic nitrogens is 2. The largest absolute Gasteiger partial charge is 0.510 e. The van der Waals surface area contributed by atoms with E-state index in [-0.39, 0.29) is 99.0 Å². The lowest BCUT2D eigenvalue weighted by atomic mass is 9.85. The van der Waals surface area contributed by atoms with Gasteiger partial charge in [0.2, 0.25) is 23.3 Å². The Morgan fingerprint density at radius 1 is 0.903 bits per heavy atom. The van der Waals surface area contributed by atoms with Crippen LogP contribution in [-0.4, -0.2) is 92.4 Å². The van der Waals surface area contributed by atoms with E-state index in [4.69, 9.17) is 24.9 Å². The van der Waals surface area contributed by atoms with Crippen LogP contribution < -0.4 is 32.6 Å². The highest BCUT2D eigenvalue weighted by Crippen LogP contribution is 2.42. The number of primary amides is 1. The van der Waals surface area contributed by atoms with Gasteiger partial charge in [-0.1, -0.05) is 46.2 Å². The van der Waals surface area contributed by atoms with Gasteiger partial charge in [-0.25, -0.2) is 19.4 Å². The Balaban J connectivity index is 0.970. The topological polar surface area (TPSA) is 297 Å². The number of pyridine rings is 2. The number of nitrogens with one attached hydrogen (secondary N) is 4. The molecule has 7 amide bonds. The van der Waals surface area contributed by atoms with E-state index >= 15 is 0 Å². The summed E-state index contributed by atoms with van der Waals surface area (Å²) in [6, 6.07) is 9.90. The van der Waals surface area contributed by atoms with Crippen molar-refractivity contribution >= 4 is 64.3 Å². The SMILES string of the molecule is CCc1c2c(nc3ccc(O)cc13)-c1cc3c(c(=O)n1C2)COC(=O)[C@@]3(CC)OC(=O)OCc1ccc(NC(=O)[C@H](CCCNC(N)=O)NC(=O)C(NC(=O)CCCCCN2C(=O)C=CC2=O)C(C)C)cc1. The number of cyclic esters (lactones) is 1. The number of benzene rings is 2. The van der Waals surface area contributed by atoms with E-state index < -0.39 is 53.2 Å². The number of aromatic hydroxyl groups is 1. The first-order valence-electron chi connectivity index (χ1n) is 24.0. The Kier molecular flexibility index (Phi) is 16.0. The van der Waals surface area contributed by atoms with E-state index in [1.807, 2.05) is 6.92 Å². The number of hydrogen-bond acceptors (Lipinski definition) is 14. The highest BCUT2D eigenvalue weighted by molar-refractivity contribution is 6.12. The zero-order valence-electron chi connectivity index (χ0n) is 40.5. The highest BCUT2D eigenvalue weighted by atomic mass is 16.7. The van der Waals surface area contributed by atoms with Crippen molar-refractivity contribution in [2.45, 2.75) is 117 Å². The second-order valence-electron chi connectivity index (χ2n) is 18.1. The molecular formula is C51H58N8O13. The van der Waals surface area contributed by atoms with Gasteiger partial charge in [0.1, 0.15) is 31.0 Å². The summed E-state index contributed by atoms with van der Waals surface area (Å²) in [6.45, 7) is 7.01. The summed E-state index contributed by atoms with van der Waals surface area (Å²) in [5, 5.41) is 21.7. The summed E-state index contributed by atoms with van der Waals surface area (Å²) in [5.74, 6) is -3.47. The van der Waals surface area contributed by atoms with Gasteiger partial charge < -0.3 is 50.9 Å². The zero-order chi connectivity index (χ0) is 51.9. The first-order valence-corrected chi connectivity index (χ1v) is 24.0. The summed E-state index contributed by atoms with van der Waals surface area (Å²) in [6.07, 6.45) is 3.69. The fourth-order valence-electron chi connectivity index (χ4n) is 9.15. The minimum absolute atomic E-state index is 0.0875. The third kappa shape index (κ3) is 11.2. The van der Waals surface area contributed by atoms with Crippen molar-refractivity contribution in [2.75, 3.05) is 18.4 Å². The van der Waals surface area contributed by atoms with Gasteiger partial charge in [0, 0.05) is 53.9 Å². The van der Waals surface area contributed by atoms with Crippen molar-refractivity contribution in [3.05, 3.63) is 98.9 Å². The fourth-order valence-corrected chi connectivity index (χ4v) is 9.15. The smallest absolute Gasteiger partial charge is 0.508 e. The number of urea groups is 1. The third-order valence-electron chi connectivity index (χ3n) is 13.0. The number of imide groups is 1. The van der Waals surface area contributed by atoms with Crippen molar-refractivity contribution in [1.82, 2.24) is 30.4 Å². The maximum atomic E-state index is 14.1. The summed E-state index contributed by atoms with van der Waals surface area (Å²) in [7, 11) is 0. The number of nitrogens with two attached hydrogens (primary N) is 1. The van der Waals surface area contributed by atoms with Crippen LogP contribution in [0.1, 0.15) is 100 Å². The summed E-state index contributed by atoms with van der Waals surface area (Å²) < 4.78 is 18.3. The van der Waals surface area contributed by atoms with Gasteiger partial charge in [0.15, 0.2) is 0 Å². The number of esters is 1. The maximum Gasteiger partial charge on any atom is 0.510 e. The minimum Gasteiger partial charge on any atom is -0.508 e. The Labute approximate surface area is 413 Å². The first kappa shape index (κ1) is 51.7. The van der Waals surface area contributed by atoms with Crippen LogP contribution in [0, 0.1) is 5.92 Å². The lowest BCUT2D eigenvalue weighted by molar-refractivity contribution is -0.175. The third-order valence-corrected chi connectivity index (χ3v) is 13.0. The van der Waals surface area contributed by atoms with Gasteiger partial charge in [-0.15, -0.1) is 0 Å². The van der Waals surface area contributed by atoms with Crippen LogP contribution in [0.25, 0.3) is 22.3 Å². The van der Waals surface area contributed by atoms with Gasteiger partial charge >= 0.3 is 18.2 Å². The van der Waals surface area contributed by atoms with Gasteiger partial charge in [-0.05, 0) is 92.0 Å². The van der Waals surface area contributed by atoms with Crippen molar-refractivity contribution in [3.8, 4) is 17.1 Å². The van der Waals surface area contributed by atoms with E-state index in [0.29, 0.717) is 53.8 Å². The molecule has 2 aromatic heterocycles. The molecule has 4 aromatic rings. The summed E-state index contributed by atoms with van der Waals surface area (Å²) >= 11 is 0. The molecule has 0 saturated heterocycles. The molecule has 5 heterocycles. The number of phenolic OH excluding ortho intramolecular Hbond substituents is 1. The van der Waals surface area contributed by atoms with Crippen LogP contribution in [0.15, 0.2) is 65.5 Å². The lowest BCUT2D eigenvalue weighted by Crippen LogP contribution is -2.54. The lowest BCUT2D eigenvalue weighted by Gasteiger charge is -2.35. The molecule has 2 aromatic carbocycles. The van der Waals surface area contributed by atoms with Gasteiger partial charge in [0.05, 0.1) is 29.0 Å². The Hall–Kier alpha value is -8.10. The molecular weight excluding hydrogens is 933 g/mol. The number of ether oxygens (including phenoxy) is 3. The number of anilines is 1. The molecule has 72 heavy (non-hydrogen) atoms. The zero-order valence-corrected chi connectivity index (χ0v) is 40.5. The molecule has 0 saturated carbocycles. The number of phenols is 1. The number of carbonyl (C=O) groups excluding carboxylic acids is 8. The number of rotatable bonds is 21. The molecule has 1 unspecified atom stereocenters. The Morgan fingerprint density at radius 3 is 2.32 bits per heavy atom. The molecule has 380 valence electrons. The maximum absolute atomic E-state index is 14.1. The van der Waals surface area contributed by atoms with Crippen LogP contribution in [0.3, 0.4) is 0 Å². The number of carbonyl (C=O) groups is 8. The van der Waals surface area contributed by atoms with Crippen LogP contribution in [0.2, 0.25) is 0 Å². The van der Waals surface area contributed by atoms with Crippen molar-refractivity contribution < 1.29 is 57.7 Å². The second kappa shape index (κ2) is 22.3. The first-order chi connectivity index (χ1) is 34.4. The average Bonchev–Trinajstić information content (AvgIpc) is 3.88. The van der Waals surface area contributed by atoms with E-state index in [2.05, 4.69) is 21.3 Å². The average molecular weight is 991 g/mol. The van der Waals surface area contributed by atoms with E-state index in [9.17, 15) is 48.3 Å². The van der Waals surface area contributed by atoms with Crippen LogP contribution >= 0.6 is 0 Å². The number of fused-ring (bicyclic) bond motifs is 5. The predicted molar refractivity (Wildman–Crippen MR) is 260 cm³/mol. The van der Waals surface area contributed by atoms with Crippen molar-refractivity contribution in [3.63, 3.8) is 0 Å². The van der Waals surface area contributed by atoms with Crippen LogP contribution in [0.5, 0.6) is 5.75 Å². The predicted octanol–water partition coefficient (Wildman–Crippen LogP) is 4.21. The number of unbranched alkanes of at least 4 members (excludes halogenated alkanes) is 2. The van der Waals surface area contributed by atoms with E-state index in [0.717, 1.165) is 21.4 Å². The normalized spacial score (nSPS) is 16.3. The van der Waals surface area contributed by atoms with Gasteiger partial charge in [-0.2, -0.15) is 0 Å². The van der Waals surface area contributed by atoms with E-state index in [1.165, 1.54) is 18.2 Å². The van der Waals surface area contributed by atoms with Gasteiger partial charge in [-0.3, -0.25) is 33.7 Å². The second-order valence-corrected chi connectivity index (χ2v) is 18.1. The Bertz CT molecular complexity index is 2900. The molecule has 21 heteroatoms. The molecule has 3 atom stereocenters. The molecule has 0 bridgehead atoms. The molecule has 3 aliphatic heterocycles. The number of hydrogen-bond donors (Lipinski definition) is 6. The standard InChI is InChI=1S/C51H58N8O13/c1-5-32-33-23-31(60)17-18-37(33)55-44-34(32)25-59-39(44)24-36-35(47(59)66)27-70-48(67)51(36,6-2)72-50(69)71-26-29-13-15-30(16-14-29)54-45(64)38(11-10-21-53-49(52)68)56-46(65)43(28(3)4)57-40(61)12-8-7-9-22-58-41(62)19-20-42(58)63/h13-20,23-24,28,38,43,60H,5-12,21-22,25-27H2,1-4H3,(H,54,64)(H,56,65)(H,57,61)(H3,52,53,68)/t38-,43?,51-/m0/s1. The highest BCUT2D eigenvalue weighted by Gasteiger charge is 2.51. The van der Waals surface area contributed by atoms with Crippen LogP contribution in [0.4, 0.5) is 15.3 Å². The molecule has 0 spiro atoms. The molecule has 3 aliphatic rings. The summed E-state index contributed by atoms with van der Waals surface area (Å²) in [4.78, 5) is 122. The number of nitrogens with zero attached hydrogens (tertiary/aromatic N) is 3. The molecule has 0 radical (unpaired) electrons. The monoisotopic (exact) mass is 990 g/mol.